The van der Waals surface area contributed by atoms with E-state index in [0.717, 1.165) is 34.5 Å². The van der Waals surface area contributed by atoms with Crippen LogP contribution >= 0.6 is 0 Å². The molecule has 128 valence electrons. The molecule has 1 atom stereocenters. The van der Waals surface area contributed by atoms with Gasteiger partial charge in [0.15, 0.2) is 6.10 Å². The SMILES string of the molecule is CCc1cccc(C)c1NC(=O)[C@H](C)Oc1ccccc1C(C)C. The number of benzene rings is 2. The van der Waals surface area contributed by atoms with Crippen LogP contribution in [0.25, 0.3) is 0 Å². The standard InChI is InChI=1S/C21H27NO2/c1-6-17-11-9-10-15(4)20(17)22-21(23)16(5)24-19-13-8-7-12-18(19)14(2)3/h7-14,16H,6H2,1-5H3,(H,22,23)/t16-/m0/s1. The summed E-state index contributed by atoms with van der Waals surface area (Å²) in [4.78, 5) is 12.6. The normalized spacial score (nSPS) is 12.1. The lowest BCUT2D eigenvalue weighted by Gasteiger charge is -2.20. The molecule has 0 radical (unpaired) electrons. The number of carbonyl (C=O) groups is 1. The number of anilines is 1. The number of amides is 1. The second-order valence-electron chi connectivity index (χ2n) is 6.40. The summed E-state index contributed by atoms with van der Waals surface area (Å²) in [7, 11) is 0. The quantitative estimate of drug-likeness (QED) is 0.803. The van der Waals surface area contributed by atoms with Gasteiger partial charge in [0.25, 0.3) is 5.91 Å². The maximum absolute atomic E-state index is 12.6. The maximum Gasteiger partial charge on any atom is 0.265 e. The number of ether oxygens (including phenoxy) is 1. The number of nitrogens with one attached hydrogen (secondary N) is 1. The van der Waals surface area contributed by atoms with Gasteiger partial charge in [0.1, 0.15) is 5.75 Å². The van der Waals surface area contributed by atoms with Crippen molar-refractivity contribution in [2.24, 2.45) is 0 Å². The van der Waals surface area contributed by atoms with E-state index in [1.54, 1.807) is 6.92 Å². The summed E-state index contributed by atoms with van der Waals surface area (Å²) in [5, 5.41) is 3.03. The van der Waals surface area contributed by atoms with Crippen molar-refractivity contribution < 1.29 is 9.53 Å². The smallest absolute Gasteiger partial charge is 0.265 e. The van der Waals surface area contributed by atoms with Gasteiger partial charge in [-0.3, -0.25) is 4.79 Å². The largest absolute Gasteiger partial charge is 0.481 e. The molecule has 0 aromatic heterocycles. The fourth-order valence-corrected chi connectivity index (χ4v) is 2.74. The van der Waals surface area contributed by atoms with Crippen LogP contribution in [0.4, 0.5) is 5.69 Å². The lowest BCUT2D eigenvalue weighted by molar-refractivity contribution is -0.122. The average Bonchev–Trinajstić information content (AvgIpc) is 2.56. The third kappa shape index (κ3) is 4.16. The van der Waals surface area contributed by atoms with Gasteiger partial charge >= 0.3 is 0 Å². The molecule has 1 N–H and O–H groups in total. The highest BCUT2D eigenvalue weighted by atomic mass is 16.5. The molecule has 0 aliphatic heterocycles. The highest BCUT2D eigenvalue weighted by Crippen LogP contribution is 2.27. The summed E-state index contributed by atoms with van der Waals surface area (Å²) in [5.41, 5.74) is 4.22. The van der Waals surface area contributed by atoms with Crippen LogP contribution in [0.1, 0.15) is 50.3 Å². The summed E-state index contributed by atoms with van der Waals surface area (Å²) in [5.74, 6) is 0.993. The maximum atomic E-state index is 12.6. The molecule has 1 amide bonds. The first kappa shape index (κ1) is 18.1. The highest BCUT2D eigenvalue weighted by Gasteiger charge is 2.19. The minimum absolute atomic E-state index is 0.127. The summed E-state index contributed by atoms with van der Waals surface area (Å²) >= 11 is 0. The Bertz CT molecular complexity index is 707. The molecule has 0 spiro atoms. The molecule has 3 nitrogen and oxygen atoms in total. The Morgan fingerprint density at radius 2 is 1.79 bits per heavy atom. The van der Waals surface area contributed by atoms with Crippen molar-refractivity contribution in [3.8, 4) is 5.75 Å². The van der Waals surface area contributed by atoms with Crippen molar-refractivity contribution in [1.29, 1.82) is 0 Å². The summed E-state index contributed by atoms with van der Waals surface area (Å²) in [6, 6.07) is 14.0. The van der Waals surface area contributed by atoms with Crippen molar-refractivity contribution in [2.75, 3.05) is 5.32 Å². The van der Waals surface area contributed by atoms with Crippen molar-refractivity contribution in [2.45, 2.75) is 53.1 Å². The lowest BCUT2D eigenvalue weighted by Crippen LogP contribution is -2.31. The van der Waals surface area contributed by atoms with Crippen molar-refractivity contribution in [3.05, 3.63) is 59.2 Å². The second kappa shape index (κ2) is 8.00. The molecular weight excluding hydrogens is 298 g/mol. The Morgan fingerprint density at radius 3 is 2.46 bits per heavy atom. The van der Waals surface area contributed by atoms with Gasteiger partial charge in [-0.25, -0.2) is 0 Å². The second-order valence-corrected chi connectivity index (χ2v) is 6.40. The molecule has 0 unspecified atom stereocenters. The Kier molecular flexibility index (Phi) is 6.02. The molecule has 2 aromatic carbocycles. The average molecular weight is 325 g/mol. The van der Waals surface area contributed by atoms with Gasteiger partial charge in [0.2, 0.25) is 0 Å². The Labute approximate surface area is 145 Å². The van der Waals surface area contributed by atoms with Crippen molar-refractivity contribution >= 4 is 11.6 Å². The van der Waals surface area contributed by atoms with E-state index in [9.17, 15) is 4.79 Å². The van der Waals surface area contributed by atoms with Gasteiger partial charge < -0.3 is 10.1 Å². The van der Waals surface area contributed by atoms with Crippen LogP contribution in [-0.4, -0.2) is 12.0 Å². The van der Waals surface area contributed by atoms with Crippen LogP contribution in [0.3, 0.4) is 0 Å². The first-order chi connectivity index (χ1) is 11.4. The Hall–Kier alpha value is -2.29. The molecule has 0 aliphatic rings. The first-order valence-electron chi connectivity index (χ1n) is 8.59. The number of rotatable bonds is 6. The predicted molar refractivity (Wildman–Crippen MR) is 99.8 cm³/mol. The van der Waals surface area contributed by atoms with E-state index >= 15 is 0 Å². The van der Waals surface area contributed by atoms with Gasteiger partial charge in [0, 0.05) is 5.69 Å². The third-order valence-electron chi connectivity index (χ3n) is 4.20. The molecule has 0 saturated heterocycles. The van der Waals surface area contributed by atoms with Gasteiger partial charge in [-0.2, -0.15) is 0 Å². The zero-order chi connectivity index (χ0) is 17.7. The topological polar surface area (TPSA) is 38.3 Å². The van der Waals surface area contributed by atoms with E-state index in [4.69, 9.17) is 4.74 Å². The van der Waals surface area contributed by atoms with E-state index in [-0.39, 0.29) is 5.91 Å². The van der Waals surface area contributed by atoms with Crippen molar-refractivity contribution in [1.82, 2.24) is 0 Å². The fraction of sp³-hybridized carbons (Fsp3) is 0.381. The number of para-hydroxylation sites is 2. The van der Waals surface area contributed by atoms with E-state index in [2.05, 4.69) is 26.1 Å². The lowest BCUT2D eigenvalue weighted by atomic mass is 10.0. The first-order valence-corrected chi connectivity index (χ1v) is 8.59. The van der Waals surface area contributed by atoms with E-state index < -0.39 is 6.10 Å². The molecule has 0 fully saturated rings. The zero-order valence-corrected chi connectivity index (χ0v) is 15.2. The third-order valence-corrected chi connectivity index (χ3v) is 4.20. The van der Waals surface area contributed by atoms with Crippen LogP contribution < -0.4 is 10.1 Å². The summed E-state index contributed by atoms with van der Waals surface area (Å²) in [6.07, 6.45) is 0.317. The number of hydrogen-bond donors (Lipinski definition) is 1. The van der Waals surface area contributed by atoms with Gasteiger partial charge in [-0.1, -0.05) is 57.2 Å². The predicted octanol–water partition coefficient (Wildman–Crippen LogP) is 5.09. The van der Waals surface area contributed by atoms with Crippen LogP contribution in [0.5, 0.6) is 5.75 Å². The Balaban J connectivity index is 2.14. The number of carbonyl (C=O) groups excluding carboxylic acids is 1. The van der Waals surface area contributed by atoms with E-state index in [0.29, 0.717) is 5.92 Å². The van der Waals surface area contributed by atoms with Crippen LogP contribution in [0.15, 0.2) is 42.5 Å². The molecule has 2 aromatic rings. The van der Waals surface area contributed by atoms with Crippen molar-refractivity contribution in [3.63, 3.8) is 0 Å². The Morgan fingerprint density at radius 1 is 1.08 bits per heavy atom. The molecule has 24 heavy (non-hydrogen) atoms. The number of hydrogen-bond acceptors (Lipinski definition) is 2. The highest BCUT2D eigenvalue weighted by molar-refractivity contribution is 5.95. The minimum atomic E-state index is -0.561. The van der Waals surface area contributed by atoms with Gasteiger partial charge in [0.05, 0.1) is 0 Å². The summed E-state index contributed by atoms with van der Waals surface area (Å²) < 4.78 is 5.94. The minimum Gasteiger partial charge on any atom is -0.481 e. The number of aryl methyl sites for hydroxylation is 2. The van der Waals surface area contributed by atoms with Crippen LogP contribution in [-0.2, 0) is 11.2 Å². The van der Waals surface area contributed by atoms with Crippen LogP contribution in [0, 0.1) is 6.92 Å². The summed E-state index contributed by atoms with van der Waals surface area (Å²) in [6.45, 7) is 10.1. The fourth-order valence-electron chi connectivity index (χ4n) is 2.74. The molecule has 0 heterocycles. The van der Waals surface area contributed by atoms with E-state index in [1.165, 1.54) is 0 Å². The molecule has 3 heteroatoms. The van der Waals surface area contributed by atoms with Crippen LogP contribution in [0.2, 0.25) is 0 Å². The molecule has 0 aliphatic carbocycles. The van der Waals surface area contributed by atoms with Gasteiger partial charge in [-0.05, 0) is 48.9 Å². The zero-order valence-electron chi connectivity index (χ0n) is 15.2. The van der Waals surface area contributed by atoms with E-state index in [1.807, 2.05) is 49.4 Å². The monoisotopic (exact) mass is 325 g/mol. The molecule has 0 saturated carbocycles. The van der Waals surface area contributed by atoms with Gasteiger partial charge in [-0.15, -0.1) is 0 Å². The molecule has 2 rings (SSSR count). The molecule has 0 bridgehead atoms. The molecular formula is C21H27NO2.